The first-order chi connectivity index (χ1) is 4.74. The highest BCUT2D eigenvalue weighted by atomic mass is 14.1. The molecule has 0 aromatic carbocycles. The van der Waals surface area contributed by atoms with Gasteiger partial charge in [-0.15, -0.1) is 0 Å². The fraction of sp³-hybridized carbons (Fsp3) is 0.600. The average Bonchev–Trinajstić information content (AvgIpc) is 2.34. The lowest BCUT2D eigenvalue weighted by atomic mass is 10.0. The van der Waals surface area contributed by atoms with E-state index < -0.39 is 0 Å². The van der Waals surface area contributed by atoms with Crippen molar-refractivity contribution in [3.8, 4) is 0 Å². The van der Waals surface area contributed by atoms with Crippen LogP contribution in [0.2, 0.25) is 0 Å². The summed E-state index contributed by atoms with van der Waals surface area (Å²) in [5, 5.41) is 0. The molecule has 0 atom stereocenters. The Morgan fingerprint density at radius 3 is 2.60 bits per heavy atom. The Morgan fingerprint density at radius 1 is 1.60 bits per heavy atom. The van der Waals surface area contributed by atoms with E-state index in [4.69, 9.17) is 0 Å². The van der Waals surface area contributed by atoms with Crippen molar-refractivity contribution in [2.24, 2.45) is 5.92 Å². The molecule has 0 saturated heterocycles. The highest BCUT2D eigenvalue weighted by Gasteiger charge is 2.07. The largest absolute Gasteiger partial charge is 0.0630 e. The Hall–Kier alpha value is -0.520. The minimum atomic E-state index is 0.705. The van der Waals surface area contributed by atoms with Crippen LogP contribution in [0.4, 0.5) is 0 Å². The Morgan fingerprint density at radius 2 is 2.30 bits per heavy atom. The molecule has 10 heavy (non-hydrogen) atoms. The standard InChI is InChI=1S/C10H15/c1-4-9-5-6-10(7-9)8(2)3/h7-8H,4,6H2,1-3H3. The SMILES string of the molecule is CCC1=[C]CC(C(C)C)=C1. The molecule has 55 valence electrons. The maximum Gasteiger partial charge on any atom is -0.00556 e. The molecule has 0 fully saturated rings. The lowest BCUT2D eigenvalue weighted by Gasteiger charge is -2.02. The number of hydrogen-bond acceptors (Lipinski definition) is 0. The molecule has 1 radical (unpaired) electrons. The van der Waals surface area contributed by atoms with Crippen molar-refractivity contribution in [2.45, 2.75) is 33.6 Å². The first-order valence-corrected chi connectivity index (χ1v) is 4.04. The average molecular weight is 135 g/mol. The minimum Gasteiger partial charge on any atom is -0.0630 e. The van der Waals surface area contributed by atoms with Gasteiger partial charge in [0, 0.05) is 0 Å². The van der Waals surface area contributed by atoms with Gasteiger partial charge in [0.15, 0.2) is 0 Å². The van der Waals surface area contributed by atoms with E-state index in [1.54, 1.807) is 0 Å². The summed E-state index contributed by atoms with van der Waals surface area (Å²) in [7, 11) is 0. The highest BCUT2D eigenvalue weighted by Crippen LogP contribution is 2.24. The van der Waals surface area contributed by atoms with Gasteiger partial charge in [0.2, 0.25) is 0 Å². The van der Waals surface area contributed by atoms with Gasteiger partial charge in [0.05, 0.1) is 0 Å². The van der Waals surface area contributed by atoms with Crippen molar-refractivity contribution in [1.82, 2.24) is 0 Å². The van der Waals surface area contributed by atoms with Gasteiger partial charge < -0.3 is 0 Å². The smallest absolute Gasteiger partial charge is 0.00556 e. The second kappa shape index (κ2) is 3.05. The molecule has 0 saturated carbocycles. The third-order valence-corrected chi connectivity index (χ3v) is 2.00. The summed E-state index contributed by atoms with van der Waals surface area (Å²) in [4.78, 5) is 0. The van der Waals surface area contributed by atoms with Crippen LogP contribution in [-0.4, -0.2) is 0 Å². The van der Waals surface area contributed by atoms with Crippen LogP contribution in [0.3, 0.4) is 0 Å². The molecule has 0 heteroatoms. The van der Waals surface area contributed by atoms with Gasteiger partial charge in [-0.3, -0.25) is 0 Å². The zero-order valence-electron chi connectivity index (χ0n) is 7.07. The predicted molar refractivity (Wildman–Crippen MR) is 44.6 cm³/mol. The maximum absolute atomic E-state index is 3.36. The zero-order chi connectivity index (χ0) is 7.56. The third kappa shape index (κ3) is 1.50. The summed E-state index contributed by atoms with van der Waals surface area (Å²) in [6, 6.07) is 0. The van der Waals surface area contributed by atoms with E-state index >= 15 is 0 Å². The number of hydrogen-bond donors (Lipinski definition) is 0. The summed E-state index contributed by atoms with van der Waals surface area (Å²) in [5.74, 6) is 0.705. The summed E-state index contributed by atoms with van der Waals surface area (Å²) >= 11 is 0. The Kier molecular flexibility index (Phi) is 2.31. The lowest BCUT2D eigenvalue weighted by molar-refractivity contribution is 0.750. The van der Waals surface area contributed by atoms with Gasteiger partial charge >= 0.3 is 0 Å². The Labute approximate surface area is 63.6 Å². The monoisotopic (exact) mass is 135 g/mol. The molecule has 0 amide bonds. The van der Waals surface area contributed by atoms with E-state index in [0.717, 1.165) is 12.8 Å². The van der Waals surface area contributed by atoms with Crippen LogP contribution in [-0.2, 0) is 0 Å². The van der Waals surface area contributed by atoms with E-state index in [2.05, 4.69) is 32.9 Å². The van der Waals surface area contributed by atoms with Gasteiger partial charge in [0.1, 0.15) is 0 Å². The topological polar surface area (TPSA) is 0 Å². The first kappa shape index (κ1) is 7.59. The molecule has 0 N–H and O–H groups in total. The van der Waals surface area contributed by atoms with Crippen LogP contribution < -0.4 is 0 Å². The molecule has 0 aromatic rings. The molecular formula is C10H15. The third-order valence-electron chi connectivity index (χ3n) is 2.00. The molecule has 1 rings (SSSR count). The zero-order valence-corrected chi connectivity index (χ0v) is 7.07. The second-order valence-corrected chi connectivity index (χ2v) is 3.11. The fourth-order valence-electron chi connectivity index (χ4n) is 1.14. The molecule has 0 aromatic heterocycles. The van der Waals surface area contributed by atoms with E-state index in [1.165, 1.54) is 11.1 Å². The van der Waals surface area contributed by atoms with E-state index in [-0.39, 0.29) is 0 Å². The Balaban J connectivity index is 2.57. The number of rotatable bonds is 2. The minimum absolute atomic E-state index is 0.705. The van der Waals surface area contributed by atoms with Gasteiger partial charge in [-0.05, 0) is 30.4 Å². The van der Waals surface area contributed by atoms with Crippen molar-refractivity contribution in [1.29, 1.82) is 0 Å². The van der Waals surface area contributed by atoms with Gasteiger partial charge in [-0.1, -0.05) is 32.4 Å². The molecule has 0 aliphatic heterocycles. The summed E-state index contributed by atoms with van der Waals surface area (Å²) < 4.78 is 0. The summed E-state index contributed by atoms with van der Waals surface area (Å²) in [5.41, 5.74) is 2.93. The second-order valence-electron chi connectivity index (χ2n) is 3.11. The highest BCUT2D eigenvalue weighted by molar-refractivity contribution is 5.29. The fourth-order valence-corrected chi connectivity index (χ4v) is 1.14. The Bertz CT molecular complexity index is 170. The van der Waals surface area contributed by atoms with Gasteiger partial charge in [-0.2, -0.15) is 0 Å². The van der Waals surface area contributed by atoms with Crippen molar-refractivity contribution in [2.75, 3.05) is 0 Å². The molecule has 0 unspecified atom stereocenters. The van der Waals surface area contributed by atoms with Crippen molar-refractivity contribution < 1.29 is 0 Å². The van der Waals surface area contributed by atoms with Crippen molar-refractivity contribution in [3.05, 3.63) is 23.3 Å². The van der Waals surface area contributed by atoms with Crippen molar-refractivity contribution >= 4 is 0 Å². The normalized spacial score (nSPS) is 17.6. The quantitative estimate of drug-likeness (QED) is 0.545. The molecule has 1 aliphatic carbocycles. The van der Waals surface area contributed by atoms with Crippen LogP contribution in [0.1, 0.15) is 33.6 Å². The van der Waals surface area contributed by atoms with Crippen molar-refractivity contribution in [3.63, 3.8) is 0 Å². The van der Waals surface area contributed by atoms with E-state index in [9.17, 15) is 0 Å². The van der Waals surface area contributed by atoms with Crippen LogP contribution >= 0.6 is 0 Å². The molecule has 0 spiro atoms. The maximum atomic E-state index is 3.36. The summed E-state index contributed by atoms with van der Waals surface area (Å²) in [6.07, 6.45) is 7.86. The molecule has 0 heterocycles. The molecule has 0 bridgehead atoms. The van der Waals surface area contributed by atoms with Gasteiger partial charge in [-0.25, -0.2) is 0 Å². The van der Waals surface area contributed by atoms with Gasteiger partial charge in [0.25, 0.3) is 0 Å². The predicted octanol–water partition coefficient (Wildman–Crippen LogP) is 3.11. The first-order valence-electron chi connectivity index (χ1n) is 4.04. The molecule has 1 aliphatic rings. The van der Waals surface area contributed by atoms with E-state index in [1.807, 2.05) is 0 Å². The van der Waals surface area contributed by atoms with Crippen LogP contribution in [0.5, 0.6) is 0 Å². The lowest BCUT2D eigenvalue weighted by Crippen LogP contribution is -1.88. The van der Waals surface area contributed by atoms with Crippen LogP contribution in [0, 0.1) is 12.0 Å². The summed E-state index contributed by atoms with van der Waals surface area (Å²) in [6.45, 7) is 6.67. The van der Waals surface area contributed by atoms with E-state index in [0.29, 0.717) is 5.92 Å². The molecule has 0 nitrogen and oxygen atoms in total. The van der Waals surface area contributed by atoms with Crippen LogP contribution in [0.25, 0.3) is 0 Å². The van der Waals surface area contributed by atoms with Crippen LogP contribution in [0.15, 0.2) is 17.2 Å². The number of allylic oxidation sites excluding steroid dienone is 4. The molecular weight excluding hydrogens is 120 g/mol.